The summed E-state index contributed by atoms with van der Waals surface area (Å²) >= 11 is 1.48. The van der Waals surface area contributed by atoms with Crippen molar-refractivity contribution in [1.82, 2.24) is 9.88 Å². The van der Waals surface area contributed by atoms with Gasteiger partial charge in [-0.05, 0) is 30.9 Å². The monoisotopic (exact) mass is 316 g/mol. The Morgan fingerprint density at radius 3 is 3.05 bits per heavy atom. The van der Waals surface area contributed by atoms with Gasteiger partial charge in [-0.2, -0.15) is 0 Å². The largest absolute Gasteiger partial charge is 0.378 e. The van der Waals surface area contributed by atoms with E-state index < -0.39 is 0 Å². The van der Waals surface area contributed by atoms with Crippen LogP contribution in [0.5, 0.6) is 0 Å². The Morgan fingerprint density at radius 2 is 2.27 bits per heavy atom. The minimum absolute atomic E-state index is 0.0318. The minimum atomic E-state index is 0.0318. The first-order chi connectivity index (χ1) is 10.7. The van der Waals surface area contributed by atoms with Gasteiger partial charge >= 0.3 is 0 Å². The highest BCUT2D eigenvalue weighted by Gasteiger charge is 2.32. The van der Waals surface area contributed by atoms with Crippen LogP contribution in [0.3, 0.4) is 0 Å². The average molecular weight is 316 g/mol. The standard InChI is InChI=1S/C17H20N2O2S/c1-12-6-3-4-7-13(12)15-8-5-9-19(15)17(20)14-11-22-16(18-14)10-21-2/h3-4,6-7,11,15H,5,8-10H2,1-2H3/t15-/m1/s1. The first-order valence-electron chi connectivity index (χ1n) is 7.50. The average Bonchev–Trinajstić information content (AvgIpc) is 3.16. The molecule has 1 fully saturated rings. The Kier molecular flexibility index (Phi) is 4.55. The van der Waals surface area contributed by atoms with Gasteiger partial charge in [0.2, 0.25) is 0 Å². The van der Waals surface area contributed by atoms with Crippen molar-refractivity contribution >= 4 is 17.2 Å². The first kappa shape index (κ1) is 15.2. The number of hydrogen-bond donors (Lipinski definition) is 0. The molecule has 22 heavy (non-hydrogen) atoms. The van der Waals surface area contributed by atoms with Crippen LogP contribution in [-0.2, 0) is 11.3 Å². The van der Waals surface area contributed by atoms with Crippen LogP contribution in [0.1, 0.15) is 45.5 Å². The summed E-state index contributed by atoms with van der Waals surface area (Å²) in [6, 6.07) is 8.49. The summed E-state index contributed by atoms with van der Waals surface area (Å²) in [5, 5.41) is 2.68. The summed E-state index contributed by atoms with van der Waals surface area (Å²) in [7, 11) is 1.64. The number of aryl methyl sites for hydroxylation is 1. The number of benzene rings is 1. The van der Waals surface area contributed by atoms with Crippen molar-refractivity contribution in [3.63, 3.8) is 0 Å². The Morgan fingerprint density at radius 1 is 1.45 bits per heavy atom. The van der Waals surface area contributed by atoms with Crippen LogP contribution < -0.4 is 0 Å². The van der Waals surface area contributed by atoms with Gasteiger partial charge in [0.25, 0.3) is 5.91 Å². The Bertz CT molecular complexity index is 668. The number of carbonyl (C=O) groups is 1. The quantitative estimate of drug-likeness (QED) is 0.866. The summed E-state index contributed by atoms with van der Waals surface area (Å²) in [5.74, 6) is 0.0318. The topological polar surface area (TPSA) is 42.4 Å². The SMILES string of the molecule is COCc1nc(C(=O)N2CCC[C@@H]2c2ccccc2C)cs1. The fourth-order valence-corrected chi connectivity index (χ4v) is 3.78. The molecule has 0 saturated carbocycles. The van der Waals surface area contributed by atoms with E-state index in [1.165, 1.54) is 22.5 Å². The maximum Gasteiger partial charge on any atom is 0.273 e. The van der Waals surface area contributed by atoms with Crippen molar-refractivity contribution in [2.24, 2.45) is 0 Å². The van der Waals surface area contributed by atoms with Crippen LogP contribution in [0, 0.1) is 6.92 Å². The molecule has 1 amide bonds. The van der Waals surface area contributed by atoms with E-state index >= 15 is 0 Å². The number of rotatable bonds is 4. The number of amides is 1. The van der Waals surface area contributed by atoms with Crippen molar-refractivity contribution in [3.8, 4) is 0 Å². The normalized spacial score (nSPS) is 17.9. The molecule has 0 radical (unpaired) electrons. The number of thiazole rings is 1. The summed E-state index contributed by atoms with van der Waals surface area (Å²) in [5.41, 5.74) is 3.03. The van der Waals surface area contributed by atoms with Gasteiger partial charge in [-0.15, -0.1) is 11.3 Å². The third-order valence-corrected chi connectivity index (χ3v) is 4.92. The third kappa shape index (κ3) is 2.91. The number of aromatic nitrogens is 1. The molecule has 2 aromatic rings. The van der Waals surface area contributed by atoms with Gasteiger partial charge in [0, 0.05) is 19.0 Å². The second-order valence-corrected chi connectivity index (χ2v) is 6.52. The van der Waals surface area contributed by atoms with Gasteiger partial charge in [0.1, 0.15) is 10.7 Å². The zero-order valence-corrected chi connectivity index (χ0v) is 13.7. The number of hydrogen-bond acceptors (Lipinski definition) is 4. The molecule has 0 N–H and O–H groups in total. The number of methoxy groups -OCH3 is 1. The molecule has 1 aromatic carbocycles. The summed E-state index contributed by atoms with van der Waals surface area (Å²) in [6.07, 6.45) is 2.06. The fourth-order valence-electron chi connectivity index (χ4n) is 3.04. The van der Waals surface area contributed by atoms with E-state index in [-0.39, 0.29) is 11.9 Å². The van der Waals surface area contributed by atoms with Gasteiger partial charge in [0.15, 0.2) is 0 Å². The van der Waals surface area contributed by atoms with E-state index in [2.05, 4.69) is 24.0 Å². The van der Waals surface area contributed by atoms with E-state index in [4.69, 9.17) is 4.74 Å². The zero-order valence-electron chi connectivity index (χ0n) is 12.9. The lowest BCUT2D eigenvalue weighted by molar-refractivity contribution is 0.0729. The zero-order chi connectivity index (χ0) is 15.5. The highest BCUT2D eigenvalue weighted by molar-refractivity contribution is 7.09. The molecule has 5 heteroatoms. The molecule has 2 heterocycles. The number of carbonyl (C=O) groups excluding carboxylic acids is 1. The summed E-state index contributed by atoms with van der Waals surface area (Å²) in [6.45, 7) is 3.37. The molecule has 1 aliphatic rings. The first-order valence-corrected chi connectivity index (χ1v) is 8.38. The van der Waals surface area contributed by atoms with Gasteiger partial charge in [-0.25, -0.2) is 4.98 Å². The van der Waals surface area contributed by atoms with Gasteiger partial charge in [-0.3, -0.25) is 4.79 Å². The lowest BCUT2D eigenvalue weighted by Crippen LogP contribution is -2.31. The molecule has 116 valence electrons. The Hall–Kier alpha value is -1.72. The van der Waals surface area contributed by atoms with Crippen LogP contribution >= 0.6 is 11.3 Å². The smallest absolute Gasteiger partial charge is 0.273 e. The Balaban J connectivity index is 1.83. The number of ether oxygens (including phenoxy) is 1. The molecular weight excluding hydrogens is 296 g/mol. The van der Waals surface area contributed by atoms with Crippen molar-refractivity contribution in [2.45, 2.75) is 32.4 Å². The molecule has 1 aliphatic heterocycles. The molecule has 1 saturated heterocycles. The Labute approximate surface area is 134 Å². The summed E-state index contributed by atoms with van der Waals surface area (Å²) in [4.78, 5) is 19.2. The molecule has 1 aromatic heterocycles. The van der Waals surface area contributed by atoms with Crippen molar-refractivity contribution in [1.29, 1.82) is 0 Å². The maximum absolute atomic E-state index is 12.8. The molecule has 0 bridgehead atoms. The van der Waals surface area contributed by atoms with E-state index in [9.17, 15) is 4.79 Å². The van der Waals surface area contributed by atoms with E-state index in [0.29, 0.717) is 12.3 Å². The van der Waals surface area contributed by atoms with E-state index in [0.717, 1.165) is 24.4 Å². The van der Waals surface area contributed by atoms with Gasteiger partial charge in [0.05, 0.1) is 12.6 Å². The van der Waals surface area contributed by atoms with E-state index in [1.54, 1.807) is 7.11 Å². The van der Waals surface area contributed by atoms with Crippen LogP contribution in [0.15, 0.2) is 29.6 Å². The summed E-state index contributed by atoms with van der Waals surface area (Å²) < 4.78 is 5.08. The molecule has 0 spiro atoms. The predicted molar refractivity (Wildman–Crippen MR) is 87.0 cm³/mol. The van der Waals surface area contributed by atoms with Crippen molar-refractivity contribution in [2.75, 3.05) is 13.7 Å². The fraction of sp³-hybridized carbons (Fsp3) is 0.412. The lowest BCUT2D eigenvalue weighted by Gasteiger charge is -2.25. The lowest BCUT2D eigenvalue weighted by atomic mass is 9.99. The second-order valence-electron chi connectivity index (χ2n) is 5.57. The molecular formula is C17H20N2O2S. The maximum atomic E-state index is 12.8. The van der Waals surface area contributed by atoms with Crippen molar-refractivity contribution in [3.05, 3.63) is 51.5 Å². The molecule has 0 unspecified atom stereocenters. The molecule has 3 rings (SSSR count). The van der Waals surface area contributed by atoms with Gasteiger partial charge in [-0.1, -0.05) is 24.3 Å². The van der Waals surface area contributed by atoms with Crippen LogP contribution in [-0.4, -0.2) is 29.4 Å². The van der Waals surface area contributed by atoms with Crippen LogP contribution in [0.2, 0.25) is 0 Å². The third-order valence-electron chi connectivity index (χ3n) is 4.10. The van der Waals surface area contributed by atoms with E-state index in [1.807, 2.05) is 22.4 Å². The molecule has 4 nitrogen and oxygen atoms in total. The molecule has 1 atom stereocenters. The molecule has 0 aliphatic carbocycles. The van der Waals surface area contributed by atoms with Gasteiger partial charge < -0.3 is 9.64 Å². The second kappa shape index (κ2) is 6.58. The minimum Gasteiger partial charge on any atom is -0.378 e. The van der Waals surface area contributed by atoms with Crippen LogP contribution in [0.25, 0.3) is 0 Å². The van der Waals surface area contributed by atoms with Crippen LogP contribution in [0.4, 0.5) is 0 Å². The number of nitrogens with zero attached hydrogens (tertiary/aromatic N) is 2. The highest BCUT2D eigenvalue weighted by atomic mass is 32.1. The number of likely N-dealkylation sites (tertiary alicyclic amines) is 1. The predicted octanol–water partition coefficient (Wildman–Crippen LogP) is 3.58. The highest BCUT2D eigenvalue weighted by Crippen LogP contribution is 2.34. The van der Waals surface area contributed by atoms with Crippen molar-refractivity contribution < 1.29 is 9.53 Å².